The lowest BCUT2D eigenvalue weighted by molar-refractivity contribution is -0.142. The first-order chi connectivity index (χ1) is 9.34. The summed E-state index contributed by atoms with van der Waals surface area (Å²) in [6, 6.07) is 0. The van der Waals surface area contributed by atoms with Crippen molar-refractivity contribution in [2.24, 2.45) is 5.92 Å². The number of carbonyl (C=O) groups is 3. The van der Waals surface area contributed by atoms with Crippen molar-refractivity contribution in [3.8, 4) is 0 Å². The van der Waals surface area contributed by atoms with E-state index in [9.17, 15) is 14.4 Å². The monoisotopic (exact) mass is 290 g/mol. The second-order valence-corrected chi connectivity index (χ2v) is 4.58. The molecule has 0 aromatic rings. The third-order valence-electron chi connectivity index (χ3n) is 2.78. The molecule has 0 radical (unpaired) electrons. The average molecular weight is 290 g/mol. The van der Waals surface area contributed by atoms with Gasteiger partial charge in [-0.3, -0.25) is 14.4 Å². The number of unbranched alkanes of at least 4 members (excludes halogenated alkanes) is 2. The summed E-state index contributed by atoms with van der Waals surface area (Å²) in [6.45, 7) is 4.00. The summed E-state index contributed by atoms with van der Waals surface area (Å²) < 4.78 is 0. The fourth-order valence-electron chi connectivity index (χ4n) is 1.51. The maximum atomic E-state index is 10.4. The lowest BCUT2D eigenvalue weighted by atomic mass is 10.00. The first kappa shape index (κ1) is 20.7. The molecule has 0 heterocycles. The van der Waals surface area contributed by atoms with Gasteiger partial charge in [0.25, 0.3) is 0 Å². The quantitative estimate of drug-likeness (QED) is 0.533. The second kappa shape index (κ2) is 13.8. The van der Waals surface area contributed by atoms with Crippen LogP contribution < -0.4 is 0 Å². The molecular formula is C14H26O6. The predicted molar refractivity (Wildman–Crippen MR) is 74.7 cm³/mol. The summed E-state index contributed by atoms with van der Waals surface area (Å²) in [4.78, 5) is 30.2. The van der Waals surface area contributed by atoms with E-state index >= 15 is 0 Å². The summed E-state index contributed by atoms with van der Waals surface area (Å²) in [5.74, 6) is -2.49. The maximum absolute atomic E-state index is 10.4. The van der Waals surface area contributed by atoms with Crippen LogP contribution in [0.4, 0.5) is 0 Å². The van der Waals surface area contributed by atoms with Crippen LogP contribution in [0.15, 0.2) is 0 Å². The van der Waals surface area contributed by atoms with Crippen molar-refractivity contribution in [1.82, 2.24) is 0 Å². The lowest BCUT2D eigenvalue weighted by Gasteiger charge is -2.06. The first-order valence-corrected chi connectivity index (χ1v) is 7.01. The molecule has 0 fully saturated rings. The van der Waals surface area contributed by atoms with Gasteiger partial charge in [0.05, 0.1) is 5.92 Å². The summed E-state index contributed by atoms with van der Waals surface area (Å²) >= 11 is 0. The Hall–Kier alpha value is -1.59. The molecule has 0 aromatic heterocycles. The molecule has 0 spiro atoms. The van der Waals surface area contributed by atoms with Gasteiger partial charge in [0.2, 0.25) is 0 Å². The van der Waals surface area contributed by atoms with Crippen molar-refractivity contribution in [3.05, 3.63) is 0 Å². The Kier molecular flexibility index (Phi) is 14.3. The zero-order chi connectivity index (χ0) is 16.0. The molecule has 3 N–H and O–H groups in total. The SMILES string of the molecule is CCCCC(CC)C(=O)O.O=C(O)CCCCC(=O)O. The average Bonchev–Trinajstić information content (AvgIpc) is 2.35. The van der Waals surface area contributed by atoms with E-state index in [4.69, 9.17) is 15.3 Å². The molecule has 0 aliphatic carbocycles. The van der Waals surface area contributed by atoms with Gasteiger partial charge < -0.3 is 15.3 Å². The van der Waals surface area contributed by atoms with Gasteiger partial charge in [0.15, 0.2) is 0 Å². The minimum Gasteiger partial charge on any atom is -0.481 e. The van der Waals surface area contributed by atoms with Gasteiger partial charge in [-0.1, -0.05) is 26.7 Å². The zero-order valence-corrected chi connectivity index (χ0v) is 12.3. The zero-order valence-electron chi connectivity index (χ0n) is 12.3. The third-order valence-corrected chi connectivity index (χ3v) is 2.78. The van der Waals surface area contributed by atoms with Gasteiger partial charge in [0.1, 0.15) is 0 Å². The minimum absolute atomic E-state index is 0.0628. The molecule has 0 rings (SSSR count). The van der Waals surface area contributed by atoms with Gasteiger partial charge in [-0.2, -0.15) is 0 Å². The van der Waals surface area contributed by atoms with Crippen LogP contribution in [-0.4, -0.2) is 33.2 Å². The normalized spacial score (nSPS) is 11.1. The Morgan fingerprint density at radius 1 is 0.850 bits per heavy atom. The molecule has 118 valence electrons. The van der Waals surface area contributed by atoms with Gasteiger partial charge in [-0.25, -0.2) is 0 Å². The summed E-state index contributed by atoms with van der Waals surface area (Å²) in [7, 11) is 0. The van der Waals surface area contributed by atoms with Crippen LogP contribution in [0.1, 0.15) is 65.2 Å². The number of hydrogen-bond acceptors (Lipinski definition) is 3. The van der Waals surface area contributed by atoms with E-state index in [0.717, 1.165) is 25.7 Å². The Bertz CT molecular complexity index is 271. The molecular weight excluding hydrogens is 264 g/mol. The van der Waals surface area contributed by atoms with Crippen LogP contribution in [-0.2, 0) is 14.4 Å². The first-order valence-electron chi connectivity index (χ1n) is 7.01. The summed E-state index contributed by atoms with van der Waals surface area (Å²) in [5.41, 5.74) is 0. The van der Waals surface area contributed by atoms with Crippen LogP contribution in [0.2, 0.25) is 0 Å². The van der Waals surface area contributed by atoms with Crippen molar-refractivity contribution < 1.29 is 29.7 Å². The molecule has 6 heteroatoms. The van der Waals surface area contributed by atoms with E-state index < -0.39 is 17.9 Å². The second-order valence-electron chi connectivity index (χ2n) is 4.58. The van der Waals surface area contributed by atoms with Crippen molar-refractivity contribution in [2.75, 3.05) is 0 Å². The number of hydrogen-bond donors (Lipinski definition) is 3. The molecule has 20 heavy (non-hydrogen) atoms. The molecule has 1 unspecified atom stereocenters. The van der Waals surface area contributed by atoms with E-state index in [0.29, 0.717) is 12.8 Å². The topological polar surface area (TPSA) is 112 Å². The Morgan fingerprint density at radius 3 is 1.55 bits per heavy atom. The lowest BCUT2D eigenvalue weighted by Crippen LogP contribution is -2.11. The van der Waals surface area contributed by atoms with Crippen LogP contribution in [0.25, 0.3) is 0 Å². The van der Waals surface area contributed by atoms with Gasteiger partial charge >= 0.3 is 17.9 Å². The van der Waals surface area contributed by atoms with Gasteiger partial charge in [-0.15, -0.1) is 0 Å². The minimum atomic E-state index is -0.870. The highest BCUT2D eigenvalue weighted by Gasteiger charge is 2.12. The Morgan fingerprint density at radius 2 is 1.30 bits per heavy atom. The van der Waals surface area contributed by atoms with Crippen molar-refractivity contribution >= 4 is 17.9 Å². The Labute approximate surface area is 119 Å². The number of rotatable bonds is 10. The van der Waals surface area contributed by atoms with Gasteiger partial charge in [-0.05, 0) is 25.7 Å². The number of carboxylic acids is 3. The van der Waals surface area contributed by atoms with Crippen molar-refractivity contribution in [1.29, 1.82) is 0 Å². The van der Waals surface area contributed by atoms with Crippen LogP contribution in [0, 0.1) is 5.92 Å². The molecule has 6 nitrogen and oxygen atoms in total. The molecule has 0 saturated carbocycles. The molecule has 1 atom stereocenters. The Balaban J connectivity index is 0. The van der Waals surface area contributed by atoms with E-state index in [1.807, 2.05) is 6.92 Å². The van der Waals surface area contributed by atoms with E-state index in [1.165, 1.54) is 0 Å². The molecule has 0 aromatic carbocycles. The summed E-state index contributed by atoms with van der Waals surface area (Å²) in [5, 5.41) is 24.9. The van der Waals surface area contributed by atoms with Crippen LogP contribution >= 0.6 is 0 Å². The fraction of sp³-hybridized carbons (Fsp3) is 0.786. The summed E-state index contributed by atoms with van der Waals surface area (Å²) in [6.07, 6.45) is 4.73. The molecule has 0 saturated heterocycles. The van der Waals surface area contributed by atoms with Crippen molar-refractivity contribution in [2.45, 2.75) is 65.2 Å². The molecule has 0 aliphatic rings. The van der Waals surface area contributed by atoms with E-state index in [2.05, 4.69) is 6.92 Å². The largest absolute Gasteiger partial charge is 0.481 e. The van der Waals surface area contributed by atoms with Crippen LogP contribution in [0.5, 0.6) is 0 Å². The van der Waals surface area contributed by atoms with E-state index in [1.54, 1.807) is 0 Å². The number of carboxylic acid groups (broad SMARTS) is 3. The molecule has 0 bridgehead atoms. The van der Waals surface area contributed by atoms with Gasteiger partial charge in [0, 0.05) is 12.8 Å². The number of aliphatic carboxylic acids is 3. The smallest absolute Gasteiger partial charge is 0.306 e. The van der Waals surface area contributed by atoms with E-state index in [-0.39, 0.29) is 18.8 Å². The molecule has 0 aliphatic heterocycles. The van der Waals surface area contributed by atoms with Crippen LogP contribution in [0.3, 0.4) is 0 Å². The highest BCUT2D eigenvalue weighted by Crippen LogP contribution is 2.11. The standard InChI is InChI=1S/C8H16O2.C6H10O4/c1-3-5-6-7(4-2)8(9)10;7-5(8)3-1-2-4-6(9)10/h7H,3-6H2,1-2H3,(H,9,10);1-4H2,(H,7,8)(H,9,10). The third kappa shape index (κ3) is 16.4. The van der Waals surface area contributed by atoms with Crippen molar-refractivity contribution in [3.63, 3.8) is 0 Å². The maximum Gasteiger partial charge on any atom is 0.306 e. The molecule has 0 amide bonds. The highest BCUT2D eigenvalue weighted by atomic mass is 16.4. The predicted octanol–water partition coefficient (Wildman–Crippen LogP) is 3.00. The highest BCUT2D eigenvalue weighted by molar-refractivity contribution is 5.69. The fourth-order valence-corrected chi connectivity index (χ4v) is 1.51.